The Morgan fingerprint density at radius 3 is 2.71 bits per heavy atom. The van der Waals surface area contributed by atoms with Gasteiger partial charge in [-0.15, -0.1) is 24.0 Å². The summed E-state index contributed by atoms with van der Waals surface area (Å²) in [7, 11) is 0. The maximum absolute atomic E-state index is 13.0. The summed E-state index contributed by atoms with van der Waals surface area (Å²) in [5.74, 6) is 1.01. The number of benzene rings is 1. The predicted molar refractivity (Wildman–Crippen MR) is 96.2 cm³/mol. The van der Waals surface area contributed by atoms with Crippen molar-refractivity contribution in [2.45, 2.75) is 33.3 Å². The van der Waals surface area contributed by atoms with Crippen molar-refractivity contribution in [3.8, 4) is 5.75 Å². The largest absolute Gasteiger partial charge is 0.489 e. The molecule has 0 radical (unpaired) electrons. The molecule has 0 aromatic heterocycles. The number of hydrogen-bond acceptors (Lipinski definition) is 2. The summed E-state index contributed by atoms with van der Waals surface area (Å²) in [5, 5.41) is 6.39. The van der Waals surface area contributed by atoms with Gasteiger partial charge in [0.1, 0.15) is 17.7 Å². The van der Waals surface area contributed by atoms with Crippen LogP contribution in [0.3, 0.4) is 0 Å². The Balaban J connectivity index is 0.00000400. The van der Waals surface area contributed by atoms with E-state index >= 15 is 0 Å². The van der Waals surface area contributed by atoms with Crippen LogP contribution < -0.4 is 15.4 Å². The van der Waals surface area contributed by atoms with Crippen LogP contribution in [-0.4, -0.2) is 31.7 Å². The molecule has 0 aliphatic carbocycles. The van der Waals surface area contributed by atoms with E-state index in [2.05, 4.69) is 22.5 Å². The minimum atomic E-state index is -0.295. The Labute approximate surface area is 143 Å². The van der Waals surface area contributed by atoms with Crippen LogP contribution in [-0.2, 0) is 0 Å². The highest BCUT2D eigenvalue weighted by Gasteiger charge is 2.05. The van der Waals surface area contributed by atoms with Crippen molar-refractivity contribution in [3.63, 3.8) is 0 Å². The number of nitrogens with zero attached hydrogens (tertiary/aromatic N) is 1. The molecule has 0 aliphatic rings. The molecule has 120 valence electrons. The summed E-state index contributed by atoms with van der Waals surface area (Å²) >= 11 is 0. The first-order chi connectivity index (χ1) is 9.65. The number of rotatable bonds is 7. The van der Waals surface area contributed by atoms with Gasteiger partial charge in [0.25, 0.3) is 0 Å². The molecule has 6 heteroatoms. The Kier molecular flexibility index (Phi) is 11.0. The average molecular weight is 409 g/mol. The molecule has 0 bridgehead atoms. The number of guanidine groups is 1. The second-order valence-corrected chi connectivity index (χ2v) is 4.53. The Morgan fingerprint density at radius 2 is 2.10 bits per heavy atom. The van der Waals surface area contributed by atoms with E-state index in [1.807, 2.05) is 13.8 Å². The molecule has 0 amide bonds. The van der Waals surface area contributed by atoms with Gasteiger partial charge in [-0.2, -0.15) is 0 Å². The minimum Gasteiger partial charge on any atom is -0.489 e. The first-order valence-corrected chi connectivity index (χ1v) is 7.10. The summed E-state index contributed by atoms with van der Waals surface area (Å²) < 4.78 is 18.7. The molecule has 1 unspecified atom stereocenters. The molecular weight excluding hydrogens is 384 g/mol. The molecule has 1 rings (SSSR count). The maximum atomic E-state index is 13.0. The zero-order chi connectivity index (χ0) is 14.8. The molecule has 4 nitrogen and oxygen atoms in total. The van der Waals surface area contributed by atoms with Crippen molar-refractivity contribution in [3.05, 3.63) is 30.1 Å². The predicted octanol–water partition coefficient (Wildman–Crippen LogP) is 3.18. The highest BCUT2D eigenvalue weighted by molar-refractivity contribution is 14.0. The number of nitrogens with one attached hydrogen (secondary N) is 2. The Morgan fingerprint density at radius 1 is 1.33 bits per heavy atom. The molecule has 0 aliphatic heterocycles. The second kappa shape index (κ2) is 11.6. The van der Waals surface area contributed by atoms with Gasteiger partial charge in [-0.05, 0) is 32.4 Å². The lowest BCUT2D eigenvalue weighted by molar-refractivity contribution is 0.229. The zero-order valence-electron chi connectivity index (χ0n) is 12.9. The average Bonchev–Trinajstić information content (AvgIpc) is 2.42. The molecule has 1 atom stereocenters. The van der Waals surface area contributed by atoms with Crippen molar-refractivity contribution in [1.29, 1.82) is 0 Å². The second-order valence-electron chi connectivity index (χ2n) is 4.53. The van der Waals surface area contributed by atoms with Crippen LogP contribution in [0.1, 0.15) is 27.2 Å². The van der Waals surface area contributed by atoms with Crippen molar-refractivity contribution < 1.29 is 9.13 Å². The van der Waals surface area contributed by atoms with Crippen molar-refractivity contribution in [1.82, 2.24) is 10.6 Å². The topological polar surface area (TPSA) is 45.7 Å². The van der Waals surface area contributed by atoms with Crippen molar-refractivity contribution >= 4 is 29.9 Å². The third kappa shape index (κ3) is 8.75. The summed E-state index contributed by atoms with van der Waals surface area (Å²) in [5.41, 5.74) is 0. The smallest absolute Gasteiger partial charge is 0.191 e. The lowest BCUT2D eigenvalue weighted by atomic mass is 10.3. The van der Waals surface area contributed by atoms with Gasteiger partial charge in [0.2, 0.25) is 0 Å². The molecule has 0 heterocycles. The summed E-state index contributed by atoms with van der Waals surface area (Å²) in [6.07, 6.45) is 0.925. The van der Waals surface area contributed by atoms with Crippen LogP contribution in [0.15, 0.2) is 29.3 Å². The minimum absolute atomic E-state index is 0. The van der Waals surface area contributed by atoms with Crippen LogP contribution in [0.25, 0.3) is 0 Å². The van der Waals surface area contributed by atoms with Gasteiger partial charge in [0.15, 0.2) is 5.96 Å². The van der Waals surface area contributed by atoms with E-state index in [1.54, 1.807) is 12.1 Å². The first-order valence-electron chi connectivity index (χ1n) is 7.10. The molecule has 1 aromatic rings. The summed E-state index contributed by atoms with van der Waals surface area (Å²) in [6, 6.07) is 6.14. The fourth-order valence-electron chi connectivity index (χ4n) is 1.61. The fraction of sp³-hybridized carbons (Fsp3) is 0.533. The summed E-state index contributed by atoms with van der Waals surface area (Å²) in [6.45, 7) is 8.25. The maximum Gasteiger partial charge on any atom is 0.191 e. The lowest BCUT2D eigenvalue weighted by Crippen LogP contribution is -2.38. The van der Waals surface area contributed by atoms with Gasteiger partial charge < -0.3 is 15.4 Å². The molecule has 1 aromatic carbocycles. The van der Waals surface area contributed by atoms with Crippen LogP contribution in [0.5, 0.6) is 5.75 Å². The molecule has 0 saturated heterocycles. The number of aliphatic imine (C=N–C) groups is 1. The van der Waals surface area contributed by atoms with Gasteiger partial charge >= 0.3 is 0 Å². The molecule has 0 fully saturated rings. The third-order valence-corrected chi connectivity index (χ3v) is 2.53. The molecule has 21 heavy (non-hydrogen) atoms. The SMILES string of the molecule is CCCNC(=NCC(C)Oc1cccc(F)c1)NCC.I. The standard InChI is InChI=1S/C15H24FN3O.HI/c1-4-9-18-15(17-5-2)19-11-12(3)20-14-8-6-7-13(16)10-14;/h6-8,10,12H,4-5,9,11H2,1-3H3,(H2,17,18,19);1H. The molecule has 2 N–H and O–H groups in total. The van der Waals surface area contributed by atoms with E-state index in [0.717, 1.165) is 25.5 Å². The van der Waals surface area contributed by atoms with Crippen molar-refractivity contribution in [2.24, 2.45) is 4.99 Å². The van der Waals surface area contributed by atoms with E-state index in [-0.39, 0.29) is 35.9 Å². The van der Waals surface area contributed by atoms with Crippen LogP contribution in [0.2, 0.25) is 0 Å². The quantitative estimate of drug-likeness (QED) is 0.413. The Hall–Kier alpha value is -1.05. The number of halogens is 2. The molecule has 0 saturated carbocycles. The first kappa shape index (κ1) is 19.9. The van der Waals surface area contributed by atoms with Crippen molar-refractivity contribution in [2.75, 3.05) is 19.6 Å². The van der Waals surface area contributed by atoms with Crippen LogP contribution in [0.4, 0.5) is 4.39 Å². The highest BCUT2D eigenvalue weighted by atomic mass is 127. The number of ether oxygens (including phenoxy) is 1. The van der Waals surface area contributed by atoms with E-state index in [0.29, 0.717) is 12.3 Å². The normalized spacial score (nSPS) is 12.3. The van der Waals surface area contributed by atoms with Gasteiger partial charge in [-0.3, -0.25) is 0 Å². The van der Waals surface area contributed by atoms with Gasteiger partial charge in [-0.25, -0.2) is 9.38 Å². The third-order valence-electron chi connectivity index (χ3n) is 2.53. The monoisotopic (exact) mass is 409 g/mol. The van der Waals surface area contributed by atoms with Crippen LogP contribution >= 0.6 is 24.0 Å². The van der Waals surface area contributed by atoms with Gasteiger partial charge in [0, 0.05) is 19.2 Å². The van der Waals surface area contributed by atoms with Gasteiger partial charge in [-0.1, -0.05) is 13.0 Å². The van der Waals surface area contributed by atoms with E-state index in [9.17, 15) is 4.39 Å². The zero-order valence-corrected chi connectivity index (χ0v) is 15.2. The lowest BCUT2D eigenvalue weighted by Gasteiger charge is -2.15. The number of hydrogen-bond donors (Lipinski definition) is 2. The fourth-order valence-corrected chi connectivity index (χ4v) is 1.61. The summed E-state index contributed by atoms with van der Waals surface area (Å²) in [4.78, 5) is 4.45. The Bertz CT molecular complexity index is 429. The highest BCUT2D eigenvalue weighted by Crippen LogP contribution is 2.13. The van der Waals surface area contributed by atoms with E-state index < -0.39 is 0 Å². The van der Waals surface area contributed by atoms with E-state index in [4.69, 9.17) is 4.74 Å². The van der Waals surface area contributed by atoms with Gasteiger partial charge in [0.05, 0.1) is 6.54 Å². The molecular formula is C15H25FIN3O. The molecule has 0 spiro atoms. The van der Waals surface area contributed by atoms with Crippen LogP contribution in [0, 0.1) is 5.82 Å². The van der Waals surface area contributed by atoms with E-state index in [1.165, 1.54) is 12.1 Å².